The highest BCUT2D eigenvalue weighted by atomic mass is 35.5. The topological polar surface area (TPSA) is 67.4 Å². The number of ether oxygens (including phenoxy) is 1. The molecule has 0 aliphatic carbocycles. The van der Waals surface area contributed by atoms with Crippen LogP contribution in [-0.2, 0) is 15.0 Å². The van der Waals surface area contributed by atoms with E-state index in [1.807, 2.05) is 38.1 Å². The molecular formula is C22H27ClN2O3. The van der Waals surface area contributed by atoms with Gasteiger partial charge in [-0.1, -0.05) is 37.6 Å². The van der Waals surface area contributed by atoms with Gasteiger partial charge in [0.05, 0.1) is 22.7 Å². The number of halogens is 1. The number of carbonyl (C=O) groups is 2. The first-order chi connectivity index (χ1) is 13.1. The number of rotatable bonds is 7. The van der Waals surface area contributed by atoms with Crippen molar-refractivity contribution in [3.63, 3.8) is 0 Å². The number of benzene rings is 2. The summed E-state index contributed by atoms with van der Waals surface area (Å²) in [5.74, 6) is 0.862. The molecule has 0 aliphatic heterocycles. The summed E-state index contributed by atoms with van der Waals surface area (Å²) in [6, 6.07) is 12.5. The predicted molar refractivity (Wildman–Crippen MR) is 114 cm³/mol. The predicted octanol–water partition coefficient (Wildman–Crippen LogP) is 5.25. The summed E-state index contributed by atoms with van der Waals surface area (Å²) in [6.07, 6.45) is 0. The Balaban J connectivity index is 2.11. The number of amides is 2. The minimum atomic E-state index is -0.768. The van der Waals surface area contributed by atoms with Crippen molar-refractivity contribution in [1.82, 2.24) is 0 Å². The average molecular weight is 403 g/mol. The van der Waals surface area contributed by atoms with Crippen LogP contribution in [0.5, 0.6) is 5.75 Å². The van der Waals surface area contributed by atoms with E-state index < -0.39 is 5.41 Å². The van der Waals surface area contributed by atoms with Crippen LogP contribution in [-0.4, -0.2) is 18.4 Å². The van der Waals surface area contributed by atoms with Crippen LogP contribution in [0.1, 0.15) is 40.2 Å². The molecule has 150 valence electrons. The molecule has 0 unspecified atom stereocenters. The van der Waals surface area contributed by atoms with Gasteiger partial charge in [-0.3, -0.25) is 9.59 Å². The molecule has 2 amide bonds. The molecular weight excluding hydrogens is 376 g/mol. The monoisotopic (exact) mass is 402 g/mol. The molecule has 5 nitrogen and oxygen atoms in total. The van der Waals surface area contributed by atoms with Crippen molar-refractivity contribution in [3.05, 3.63) is 53.1 Å². The molecule has 0 radical (unpaired) electrons. The largest absolute Gasteiger partial charge is 0.493 e. The van der Waals surface area contributed by atoms with Gasteiger partial charge in [-0.25, -0.2) is 0 Å². The molecule has 0 saturated heterocycles. The van der Waals surface area contributed by atoms with Crippen molar-refractivity contribution >= 4 is 34.8 Å². The molecule has 0 spiro atoms. The van der Waals surface area contributed by atoms with E-state index in [0.29, 0.717) is 28.9 Å². The first-order valence-corrected chi connectivity index (χ1v) is 9.59. The van der Waals surface area contributed by atoms with Gasteiger partial charge in [-0.05, 0) is 55.7 Å². The molecule has 2 N–H and O–H groups in total. The lowest BCUT2D eigenvalue weighted by atomic mass is 9.83. The van der Waals surface area contributed by atoms with Crippen LogP contribution in [0.3, 0.4) is 0 Å². The molecule has 2 rings (SSSR count). The Bertz CT molecular complexity index is 845. The number of nitrogens with one attached hydrogen (secondary N) is 2. The summed E-state index contributed by atoms with van der Waals surface area (Å²) in [6.45, 7) is 9.96. The number of anilines is 2. The van der Waals surface area contributed by atoms with Crippen molar-refractivity contribution in [2.24, 2.45) is 5.92 Å². The van der Waals surface area contributed by atoms with Gasteiger partial charge in [-0.2, -0.15) is 0 Å². The van der Waals surface area contributed by atoms with Crippen LogP contribution in [0.25, 0.3) is 0 Å². The lowest BCUT2D eigenvalue weighted by molar-refractivity contribution is -0.120. The second-order valence-corrected chi connectivity index (χ2v) is 8.09. The molecule has 6 heteroatoms. The molecule has 0 bridgehead atoms. The van der Waals surface area contributed by atoms with Crippen LogP contribution >= 0.6 is 11.6 Å². The summed E-state index contributed by atoms with van der Waals surface area (Å²) in [4.78, 5) is 24.0. The summed E-state index contributed by atoms with van der Waals surface area (Å²) in [5, 5.41) is 5.88. The Labute approximate surface area is 171 Å². The molecule has 2 aromatic carbocycles. The van der Waals surface area contributed by atoms with Crippen LogP contribution in [0, 0.1) is 5.92 Å². The van der Waals surface area contributed by atoms with Gasteiger partial charge in [0.1, 0.15) is 5.75 Å². The Morgan fingerprint density at radius 1 is 1.07 bits per heavy atom. The zero-order valence-corrected chi connectivity index (χ0v) is 17.7. The fourth-order valence-corrected chi connectivity index (χ4v) is 2.77. The maximum atomic E-state index is 12.9. The van der Waals surface area contributed by atoms with Crippen molar-refractivity contribution < 1.29 is 14.3 Å². The highest BCUT2D eigenvalue weighted by Crippen LogP contribution is 2.30. The van der Waals surface area contributed by atoms with E-state index in [2.05, 4.69) is 24.5 Å². The van der Waals surface area contributed by atoms with E-state index in [0.717, 1.165) is 11.3 Å². The Morgan fingerprint density at radius 2 is 1.71 bits per heavy atom. The number of hydrogen-bond acceptors (Lipinski definition) is 3. The lowest BCUT2D eigenvalue weighted by Gasteiger charge is -2.25. The second kappa shape index (κ2) is 9.11. The van der Waals surface area contributed by atoms with E-state index in [1.165, 1.54) is 6.92 Å². The van der Waals surface area contributed by atoms with Crippen molar-refractivity contribution in [2.75, 3.05) is 17.2 Å². The molecule has 0 saturated carbocycles. The molecule has 0 atom stereocenters. The van der Waals surface area contributed by atoms with Gasteiger partial charge < -0.3 is 15.4 Å². The quantitative estimate of drug-likeness (QED) is 0.664. The van der Waals surface area contributed by atoms with Crippen molar-refractivity contribution in [2.45, 2.75) is 40.0 Å². The van der Waals surface area contributed by atoms with Gasteiger partial charge in [0.2, 0.25) is 11.8 Å². The zero-order chi connectivity index (χ0) is 20.9. The third kappa shape index (κ3) is 5.73. The molecule has 0 aromatic heterocycles. The van der Waals surface area contributed by atoms with Crippen molar-refractivity contribution in [1.29, 1.82) is 0 Å². The maximum absolute atomic E-state index is 12.9. The standard InChI is InChI=1S/C22H27ClN2O3/c1-14(2)13-28-18-9-6-16(7-10-18)22(4,5)21(27)25-20-11-8-17(12-19(20)23)24-15(3)26/h6-12,14H,13H2,1-5H3,(H,24,26)(H,25,27). The number of carbonyl (C=O) groups excluding carboxylic acids is 2. The third-order valence-electron chi connectivity index (χ3n) is 4.26. The SMILES string of the molecule is CC(=O)Nc1ccc(NC(=O)C(C)(C)c2ccc(OCC(C)C)cc2)c(Cl)c1. The molecule has 0 fully saturated rings. The van der Waals surface area contributed by atoms with Gasteiger partial charge in [0.25, 0.3) is 0 Å². The van der Waals surface area contributed by atoms with E-state index in [4.69, 9.17) is 16.3 Å². The number of hydrogen-bond donors (Lipinski definition) is 2. The van der Waals surface area contributed by atoms with E-state index in [-0.39, 0.29) is 11.8 Å². The Kier molecular flexibility index (Phi) is 7.08. The highest BCUT2D eigenvalue weighted by molar-refractivity contribution is 6.34. The third-order valence-corrected chi connectivity index (χ3v) is 4.58. The second-order valence-electron chi connectivity index (χ2n) is 7.68. The lowest BCUT2D eigenvalue weighted by Crippen LogP contribution is -2.34. The van der Waals surface area contributed by atoms with Crippen LogP contribution in [0.15, 0.2) is 42.5 Å². The molecule has 0 aliphatic rings. The van der Waals surface area contributed by atoms with E-state index in [9.17, 15) is 9.59 Å². The van der Waals surface area contributed by atoms with E-state index >= 15 is 0 Å². The highest BCUT2D eigenvalue weighted by Gasteiger charge is 2.30. The van der Waals surface area contributed by atoms with Gasteiger partial charge in [0.15, 0.2) is 0 Å². The average Bonchev–Trinajstić information content (AvgIpc) is 2.62. The smallest absolute Gasteiger partial charge is 0.234 e. The van der Waals surface area contributed by atoms with Crippen LogP contribution in [0.2, 0.25) is 5.02 Å². The minimum Gasteiger partial charge on any atom is -0.493 e. The van der Waals surface area contributed by atoms with Crippen LogP contribution < -0.4 is 15.4 Å². The molecule has 28 heavy (non-hydrogen) atoms. The van der Waals surface area contributed by atoms with Gasteiger partial charge in [-0.15, -0.1) is 0 Å². The first-order valence-electron chi connectivity index (χ1n) is 9.21. The Morgan fingerprint density at radius 3 is 2.25 bits per heavy atom. The van der Waals surface area contributed by atoms with Crippen LogP contribution in [0.4, 0.5) is 11.4 Å². The normalized spacial score (nSPS) is 11.2. The summed E-state index contributed by atoms with van der Waals surface area (Å²) >= 11 is 6.25. The summed E-state index contributed by atoms with van der Waals surface area (Å²) < 4.78 is 5.70. The first kappa shape index (κ1) is 21.8. The Hall–Kier alpha value is -2.53. The zero-order valence-electron chi connectivity index (χ0n) is 16.9. The summed E-state index contributed by atoms with van der Waals surface area (Å²) in [5.41, 5.74) is 1.17. The molecule has 2 aromatic rings. The summed E-state index contributed by atoms with van der Waals surface area (Å²) in [7, 11) is 0. The molecule has 0 heterocycles. The van der Waals surface area contributed by atoms with Gasteiger partial charge >= 0.3 is 0 Å². The fourth-order valence-electron chi connectivity index (χ4n) is 2.54. The fraction of sp³-hybridized carbons (Fsp3) is 0.364. The van der Waals surface area contributed by atoms with Crippen molar-refractivity contribution in [3.8, 4) is 5.75 Å². The van der Waals surface area contributed by atoms with Gasteiger partial charge in [0, 0.05) is 12.6 Å². The van der Waals surface area contributed by atoms with E-state index in [1.54, 1.807) is 18.2 Å². The minimum absolute atomic E-state index is 0.183. The maximum Gasteiger partial charge on any atom is 0.234 e.